The fraction of sp³-hybridized carbons (Fsp3) is 0.294. The zero-order chi connectivity index (χ0) is 16.7. The highest BCUT2D eigenvalue weighted by Gasteiger charge is 2.11. The molecule has 6 heteroatoms. The van der Waals surface area contributed by atoms with E-state index in [9.17, 15) is 9.59 Å². The molecule has 23 heavy (non-hydrogen) atoms. The number of carbonyl (C=O) groups excluding carboxylic acids is 2. The van der Waals surface area contributed by atoms with Gasteiger partial charge in [0.05, 0.1) is 13.2 Å². The maximum atomic E-state index is 11.9. The minimum atomic E-state index is -0.515. The summed E-state index contributed by atoms with van der Waals surface area (Å²) in [5, 5.41) is 7.08. The molecule has 0 aliphatic carbocycles. The van der Waals surface area contributed by atoms with Crippen LogP contribution in [0.5, 0.6) is 0 Å². The van der Waals surface area contributed by atoms with Gasteiger partial charge in [-0.05, 0) is 22.9 Å². The van der Waals surface area contributed by atoms with Gasteiger partial charge in [0.25, 0.3) is 0 Å². The molecule has 0 bridgehead atoms. The Morgan fingerprint density at radius 2 is 1.87 bits per heavy atom. The predicted molar refractivity (Wildman–Crippen MR) is 90.6 cm³/mol. The molecule has 0 aromatic heterocycles. The van der Waals surface area contributed by atoms with E-state index < -0.39 is 6.03 Å². The van der Waals surface area contributed by atoms with Crippen molar-refractivity contribution in [2.75, 3.05) is 38.8 Å². The topological polar surface area (TPSA) is 70.7 Å². The Hall–Kier alpha value is -2.60. The Morgan fingerprint density at radius 3 is 2.61 bits per heavy atom. The second-order valence-corrected chi connectivity index (χ2v) is 5.18. The first-order valence-electron chi connectivity index (χ1n) is 7.36. The van der Waals surface area contributed by atoms with E-state index in [2.05, 4.69) is 10.6 Å². The molecule has 0 saturated heterocycles. The van der Waals surface area contributed by atoms with Crippen LogP contribution in [0.2, 0.25) is 0 Å². The molecule has 0 aliphatic heterocycles. The third kappa shape index (κ3) is 4.96. The number of nitrogens with zero attached hydrogens (tertiary/aromatic N) is 1. The van der Waals surface area contributed by atoms with Crippen molar-refractivity contribution in [3.8, 4) is 0 Å². The standard InChI is InChI=1S/C17H21N3O3/c1-20(12-16(21)19-17(22)18-9-10-23-2)15-8-7-13-5-3-4-6-14(13)11-15/h3-8,11H,9-10,12H2,1-2H3,(H2,18,19,21,22). The van der Waals surface area contributed by atoms with E-state index in [1.807, 2.05) is 49.5 Å². The second-order valence-electron chi connectivity index (χ2n) is 5.18. The van der Waals surface area contributed by atoms with Crippen LogP contribution in [-0.4, -0.2) is 45.8 Å². The normalized spacial score (nSPS) is 10.3. The van der Waals surface area contributed by atoms with Crippen molar-refractivity contribution in [3.05, 3.63) is 42.5 Å². The average molecular weight is 315 g/mol. The molecule has 122 valence electrons. The number of urea groups is 1. The Labute approximate surface area is 135 Å². The zero-order valence-electron chi connectivity index (χ0n) is 13.3. The summed E-state index contributed by atoms with van der Waals surface area (Å²) in [5.74, 6) is -0.365. The van der Waals surface area contributed by atoms with Gasteiger partial charge in [-0.2, -0.15) is 0 Å². The molecular formula is C17H21N3O3. The molecule has 3 amide bonds. The molecule has 0 radical (unpaired) electrons. The largest absolute Gasteiger partial charge is 0.383 e. The van der Waals surface area contributed by atoms with Gasteiger partial charge in [-0.3, -0.25) is 10.1 Å². The summed E-state index contributed by atoms with van der Waals surface area (Å²) in [6.45, 7) is 0.852. The zero-order valence-corrected chi connectivity index (χ0v) is 13.3. The first-order chi connectivity index (χ1) is 11.1. The fourth-order valence-electron chi connectivity index (χ4n) is 2.20. The molecule has 2 aromatic rings. The molecule has 0 spiro atoms. The van der Waals surface area contributed by atoms with Gasteiger partial charge in [0.1, 0.15) is 0 Å². The quantitative estimate of drug-likeness (QED) is 0.797. The number of anilines is 1. The minimum Gasteiger partial charge on any atom is -0.383 e. The summed E-state index contributed by atoms with van der Waals surface area (Å²) < 4.78 is 4.82. The molecule has 0 aliphatic rings. The van der Waals surface area contributed by atoms with Crippen LogP contribution >= 0.6 is 0 Å². The molecule has 0 fully saturated rings. The lowest BCUT2D eigenvalue weighted by atomic mass is 10.1. The van der Waals surface area contributed by atoms with Gasteiger partial charge in [0.15, 0.2) is 0 Å². The number of ether oxygens (including phenoxy) is 1. The van der Waals surface area contributed by atoms with Crippen LogP contribution < -0.4 is 15.5 Å². The summed E-state index contributed by atoms with van der Waals surface area (Å²) in [6.07, 6.45) is 0. The maximum Gasteiger partial charge on any atom is 0.321 e. The predicted octanol–water partition coefficient (Wildman–Crippen LogP) is 1.75. The van der Waals surface area contributed by atoms with Gasteiger partial charge in [-0.1, -0.05) is 30.3 Å². The highest BCUT2D eigenvalue weighted by Crippen LogP contribution is 2.20. The lowest BCUT2D eigenvalue weighted by molar-refractivity contribution is -0.118. The van der Waals surface area contributed by atoms with Crippen LogP contribution in [0.1, 0.15) is 0 Å². The minimum absolute atomic E-state index is 0.0933. The number of nitrogens with one attached hydrogen (secondary N) is 2. The maximum absolute atomic E-state index is 11.9. The molecule has 6 nitrogen and oxygen atoms in total. The number of carbonyl (C=O) groups is 2. The first kappa shape index (κ1) is 16.8. The molecule has 2 N–H and O–H groups in total. The lowest BCUT2D eigenvalue weighted by Gasteiger charge is -2.19. The van der Waals surface area contributed by atoms with E-state index in [-0.39, 0.29) is 12.5 Å². The van der Waals surface area contributed by atoms with Gasteiger partial charge >= 0.3 is 6.03 Å². The van der Waals surface area contributed by atoms with Crippen molar-refractivity contribution in [1.29, 1.82) is 0 Å². The van der Waals surface area contributed by atoms with Gasteiger partial charge in [-0.15, -0.1) is 0 Å². The van der Waals surface area contributed by atoms with Crippen molar-refractivity contribution in [1.82, 2.24) is 10.6 Å². The van der Waals surface area contributed by atoms with Gasteiger partial charge < -0.3 is 15.0 Å². The number of likely N-dealkylation sites (N-methyl/N-ethyl adjacent to an activating group) is 1. The highest BCUT2D eigenvalue weighted by molar-refractivity contribution is 5.96. The Bertz CT molecular complexity index is 688. The molecule has 0 unspecified atom stereocenters. The summed E-state index contributed by atoms with van der Waals surface area (Å²) in [5.41, 5.74) is 0.915. The van der Waals surface area contributed by atoms with Crippen LogP contribution in [0.4, 0.5) is 10.5 Å². The molecular weight excluding hydrogens is 294 g/mol. The smallest absolute Gasteiger partial charge is 0.321 e. The average Bonchev–Trinajstić information content (AvgIpc) is 2.54. The third-order valence-corrected chi connectivity index (χ3v) is 3.40. The SMILES string of the molecule is COCCNC(=O)NC(=O)CN(C)c1ccc2ccccc2c1. The lowest BCUT2D eigenvalue weighted by Crippen LogP contribution is -2.44. The third-order valence-electron chi connectivity index (χ3n) is 3.40. The number of amides is 3. The van der Waals surface area contributed by atoms with E-state index in [1.54, 1.807) is 12.0 Å². The summed E-state index contributed by atoms with van der Waals surface area (Å²) in [7, 11) is 3.36. The Balaban J connectivity index is 1.90. The number of fused-ring (bicyclic) bond motifs is 1. The van der Waals surface area contributed by atoms with Crippen molar-refractivity contribution >= 4 is 28.4 Å². The van der Waals surface area contributed by atoms with Crippen LogP contribution in [0.15, 0.2) is 42.5 Å². The Morgan fingerprint density at radius 1 is 1.13 bits per heavy atom. The summed E-state index contributed by atoms with van der Waals surface area (Å²) in [6, 6.07) is 13.5. The van der Waals surface area contributed by atoms with Crippen LogP contribution in [0.25, 0.3) is 10.8 Å². The number of rotatable bonds is 6. The number of imide groups is 1. The van der Waals surface area contributed by atoms with Crippen molar-refractivity contribution in [2.45, 2.75) is 0 Å². The van der Waals surface area contributed by atoms with Crippen LogP contribution in [0, 0.1) is 0 Å². The number of benzene rings is 2. The summed E-state index contributed by atoms with van der Waals surface area (Å²) in [4.78, 5) is 25.2. The highest BCUT2D eigenvalue weighted by atomic mass is 16.5. The summed E-state index contributed by atoms with van der Waals surface area (Å²) >= 11 is 0. The molecule has 2 aromatic carbocycles. The molecule has 0 atom stereocenters. The van der Waals surface area contributed by atoms with Crippen molar-refractivity contribution in [3.63, 3.8) is 0 Å². The van der Waals surface area contributed by atoms with E-state index in [0.717, 1.165) is 16.5 Å². The number of methoxy groups -OCH3 is 1. The number of hydrogen-bond acceptors (Lipinski definition) is 4. The molecule has 0 saturated carbocycles. The number of hydrogen-bond donors (Lipinski definition) is 2. The monoisotopic (exact) mass is 315 g/mol. The van der Waals surface area contributed by atoms with Crippen molar-refractivity contribution in [2.24, 2.45) is 0 Å². The van der Waals surface area contributed by atoms with Crippen LogP contribution in [0.3, 0.4) is 0 Å². The van der Waals surface area contributed by atoms with Gasteiger partial charge in [0.2, 0.25) is 5.91 Å². The van der Waals surface area contributed by atoms with Crippen LogP contribution in [-0.2, 0) is 9.53 Å². The van der Waals surface area contributed by atoms with E-state index in [4.69, 9.17) is 4.74 Å². The second kappa shape index (κ2) is 8.14. The van der Waals surface area contributed by atoms with Gasteiger partial charge in [-0.25, -0.2) is 4.79 Å². The van der Waals surface area contributed by atoms with Crippen molar-refractivity contribution < 1.29 is 14.3 Å². The Kier molecular flexibility index (Phi) is 5.94. The van der Waals surface area contributed by atoms with Gasteiger partial charge in [0, 0.05) is 26.4 Å². The van der Waals surface area contributed by atoms with E-state index in [1.165, 1.54) is 0 Å². The first-order valence-corrected chi connectivity index (χ1v) is 7.36. The molecule has 2 rings (SSSR count). The molecule has 0 heterocycles. The fourth-order valence-corrected chi connectivity index (χ4v) is 2.20. The van der Waals surface area contributed by atoms with E-state index in [0.29, 0.717) is 13.2 Å². The van der Waals surface area contributed by atoms with E-state index >= 15 is 0 Å².